The third-order valence-corrected chi connectivity index (χ3v) is 5.86. The van der Waals surface area contributed by atoms with E-state index in [1.165, 1.54) is 0 Å². The molecule has 156 valence electrons. The summed E-state index contributed by atoms with van der Waals surface area (Å²) in [5.41, 5.74) is 2.32. The van der Waals surface area contributed by atoms with Gasteiger partial charge in [0, 0.05) is 0 Å². The van der Waals surface area contributed by atoms with E-state index in [4.69, 9.17) is 9.47 Å². The SMILES string of the molecule is Cc1cc(C)cc(N(C(C)C(=O)NCC2COc3ccccc3O2)S(C)(=O)=O)c1. The molecular weight excluding hydrogens is 392 g/mol. The highest BCUT2D eigenvalue weighted by molar-refractivity contribution is 7.92. The van der Waals surface area contributed by atoms with Crippen LogP contribution in [0.5, 0.6) is 11.5 Å². The molecule has 29 heavy (non-hydrogen) atoms. The van der Waals surface area contributed by atoms with Crippen LogP contribution in [-0.2, 0) is 14.8 Å². The molecule has 2 aromatic carbocycles. The van der Waals surface area contributed by atoms with Gasteiger partial charge in [0.05, 0.1) is 18.5 Å². The van der Waals surface area contributed by atoms with Gasteiger partial charge in [-0.15, -0.1) is 0 Å². The number of amides is 1. The molecular formula is C21H26N2O5S. The Morgan fingerprint density at radius 2 is 1.79 bits per heavy atom. The molecule has 0 radical (unpaired) electrons. The van der Waals surface area contributed by atoms with E-state index in [-0.39, 0.29) is 12.6 Å². The van der Waals surface area contributed by atoms with Crippen molar-refractivity contribution >= 4 is 21.6 Å². The molecule has 2 atom stereocenters. The standard InChI is InChI=1S/C21H26N2O5S/c1-14-9-15(2)11-17(10-14)23(29(4,25)26)16(3)21(24)22-12-18-13-27-19-7-5-6-8-20(19)28-18/h5-11,16,18H,12-13H2,1-4H3,(H,22,24). The van der Waals surface area contributed by atoms with Crippen molar-refractivity contribution in [2.75, 3.05) is 23.7 Å². The average Bonchev–Trinajstić information content (AvgIpc) is 2.64. The number of nitrogens with one attached hydrogen (secondary N) is 1. The monoisotopic (exact) mass is 418 g/mol. The topological polar surface area (TPSA) is 84.9 Å². The van der Waals surface area contributed by atoms with Crippen LogP contribution in [0.3, 0.4) is 0 Å². The number of para-hydroxylation sites is 2. The first-order valence-electron chi connectivity index (χ1n) is 9.39. The number of fused-ring (bicyclic) bond motifs is 1. The molecule has 2 aromatic rings. The molecule has 8 heteroatoms. The van der Waals surface area contributed by atoms with Crippen LogP contribution in [0, 0.1) is 13.8 Å². The molecule has 0 aromatic heterocycles. The lowest BCUT2D eigenvalue weighted by molar-refractivity contribution is -0.122. The van der Waals surface area contributed by atoms with Crippen LogP contribution >= 0.6 is 0 Å². The number of carbonyl (C=O) groups is 1. The van der Waals surface area contributed by atoms with Crippen LogP contribution in [0.15, 0.2) is 42.5 Å². The van der Waals surface area contributed by atoms with Gasteiger partial charge in [-0.05, 0) is 56.2 Å². The Hall–Kier alpha value is -2.74. The Labute approximate surface area is 171 Å². The zero-order valence-electron chi connectivity index (χ0n) is 17.0. The normalized spacial score (nSPS) is 16.8. The Bertz CT molecular complexity index is 986. The number of benzene rings is 2. The molecule has 2 unspecified atom stereocenters. The minimum Gasteiger partial charge on any atom is -0.486 e. The van der Waals surface area contributed by atoms with E-state index in [2.05, 4.69) is 5.32 Å². The smallest absolute Gasteiger partial charge is 0.243 e. The molecule has 0 bridgehead atoms. The number of anilines is 1. The molecule has 0 saturated carbocycles. The van der Waals surface area contributed by atoms with Crippen molar-refractivity contribution in [2.24, 2.45) is 0 Å². The molecule has 0 spiro atoms. The van der Waals surface area contributed by atoms with Gasteiger partial charge in [0.2, 0.25) is 15.9 Å². The van der Waals surface area contributed by atoms with Crippen LogP contribution in [0.25, 0.3) is 0 Å². The fourth-order valence-electron chi connectivity index (χ4n) is 3.41. The fraction of sp³-hybridized carbons (Fsp3) is 0.381. The number of sulfonamides is 1. The van der Waals surface area contributed by atoms with Gasteiger partial charge >= 0.3 is 0 Å². The number of nitrogens with zero attached hydrogens (tertiary/aromatic N) is 1. The molecule has 3 rings (SSSR count). The van der Waals surface area contributed by atoms with Gasteiger partial charge in [-0.25, -0.2) is 8.42 Å². The molecule has 1 aliphatic rings. The van der Waals surface area contributed by atoms with Crippen molar-refractivity contribution in [1.82, 2.24) is 5.32 Å². The lowest BCUT2D eigenvalue weighted by atomic mass is 10.1. The van der Waals surface area contributed by atoms with Gasteiger partial charge in [-0.3, -0.25) is 9.10 Å². The van der Waals surface area contributed by atoms with E-state index in [9.17, 15) is 13.2 Å². The lowest BCUT2D eigenvalue weighted by Gasteiger charge is -2.30. The molecule has 1 N–H and O–H groups in total. The third kappa shape index (κ3) is 5.00. The number of carbonyl (C=O) groups excluding carboxylic acids is 1. The Morgan fingerprint density at radius 3 is 2.41 bits per heavy atom. The van der Waals surface area contributed by atoms with Gasteiger partial charge in [0.15, 0.2) is 11.5 Å². The quantitative estimate of drug-likeness (QED) is 0.779. The minimum atomic E-state index is -3.66. The molecule has 0 aliphatic carbocycles. The van der Waals surface area contributed by atoms with Gasteiger partial charge < -0.3 is 14.8 Å². The first-order chi connectivity index (χ1) is 13.6. The minimum absolute atomic E-state index is 0.210. The second kappa shape index (κ2) is 8.32. The number of hydrogen-bond donors (Lipinski definition) is 1. The van der Waals surface area contributed by atoms with Crippen molar-refractivity contribution in [3.63, 3.8) is 0 Å². The van der Waals surface area contributed by atoms with E-state index in [1.807, 2.05) is 38.1 Å². The van der Waals surface area contributed by atoms with Crippen molar-refractivity contribution < 1.29 is 22.7 Å². The highest BCUT2D eigenvalue weighted by Gasteiger charge is 2.30. The summed E-state index contributed by atoms with van der Waals surface area (Å²) >= 11 is 0. The summed E-state index contributed by atoms with van der Waals surface area (Å²) in [5.74, 6) is 0.887. The number of hydrogen-bond acceptors (Lipinski definition) is 5. The number of ether oxygens (including phenoxy) is 2. The van der Waals surface area contributed by atoms with Gasteiger partial charge in [-0.2, -0.15) is 0 Å². The van der Waals surface area contributed by atoms with Gasteiger partial charge in [-0.1, -0.05) is 18.2 Å². The number of rotatable bonds is 6. The summed E-state index contributed by atoms with van der Waals surface area (Å²) in [5, 5.41) is 2.78. The summed E-state index contributed by atoms with van der Waals surface area (Å²) in [6, 6.07) is 11.9. The van der Waals surface area contributed by atoms with Crippen LogP contribution in [-0.4, -0.2) is 45.9 Å². The third-order valence-electron chi connectivity index (χ3n) is 4.62. The summed E-state index contributed by atoms with van der Waals surface area (Å²) in [4.78, 5) is 12.7. The van der Waals surface area contributed by atoms with Crippen molar-refractivity contribution in [1.29, 1.82) is 0 Å². The molecule has 0 fully saturated rings. The Kier molecular flexibility index (Phi) is 6.02. The van der Waals surface area contributed by atoms with Crippen molar-refractivity contribution in [3.8, 4) is 11.5 Å². The molecule has 7 nitrogen and oxygen atoms in total. The molecule has 1 amide bonds. The molecule has 1 aliphatic heterocycles. The average molecular weight is 419 g/mol. The predicted molar refractivity (Wildman–Crippen MR) is 112 cm³/mol. The maximum atomic E-state index is 12.7. The summed E-state index contributed by atoms with van der Waals surface area (Å²) < 4.78 is 37.5. The number of aryl methyl sites for hydroxylation is 2. The second-order valence-corrected chi connectivity index (χ2v) is 9.18. The first-order valence-corrected chi connectivity index (χ1v) is 11.2. The van der Waals surface area contributed by atoms with Crippen LogP contribution < -0.4 is 19.1 Å². The maximum Gasteiger partial charge on any atom is 0.243 e. The highest BCUT2D eigenvalue weighted by atomic mass is 32.2. The van der Waals surface area contributed by atoms with Crippen LogP contribution in [0.2, 0.25) is 0 Å². The van der Waals surface area contributed by atoms with E-state index >= 15 is 0 Å². The summed E-state index contributed by atoms with van der Waals surface area (Å²) in [7, 11) is -3.66. The zero-order valence-corrected chi connectivity index (χ0v) is 17.8. The summed E-state index contributed by atoms with van der Waals surface area (Å²) in [6.45, 7) is 5.86. The van der Waals surface area contributed by atoms with Gasteiger partial charge in [0.1, 0.15) is 18.8 Å². The first kappa shape index (κ1) is 21.0. The molecule has 0 saturated heterocycles. The maximum absolute atomic E-state index is 12.7. The second-order valence-electron chi connectivity index (χ2n) is 7.32. The lowest BCUT2D eigenvalue weighted by Crippen LogP contribution is -2.50. The van der Waals surface area contributed by atoms with E-state index in [0.29, 0.717) is 23.8 Å². The predicted octanol–water partition coefficient (Wildman–Crippen LogP) is 2.41. The highest BCUT2D eigenvalue weighted by Crippen LogP contribution is 2.30. The van der Waals surface area contributed by atoms with E-state index in [0.717, 1.165) is 21.7 Å². The van der Waals surface area contributed by atoms with E-state index < -0.39 is 22.0 Å². The van der Waals surface area contributed by atoms with Crippen molar-refractivity contribution in [3.05, 3.63) is 53.6 Å². The largest absolute Gasteiger partial charge is 0.486 e. The van der Waals surface area contributed by atoms with Crippen LogP contribution in [0.4, 0.5) is 5.69 Å². The van der Waals surface area contributed by atoms with E-state index in [1.54, 1.807) is 25.1 Å². The molecule has 1 heterocycles. The van der Waals surface area contributed by atoms with Crippen LogP contribution in [0.1, 0.15) is 18.1 Å². The zero-order chi connectivity index (χ0) is 21.2. The Balaban J connectivity index is 1.70. The Morgan fingerprint density at radius 1 is 1.17 bits per heavy atom. The van der Waals surface area contributed by atoms with Gasteiger partial charge in [0.25, 0.3) is 0 Å². The van der Waals surface area contributed by atoms with Crippen molar-refractivity contribution in [2.45, 2.75) is 32.9 Å². The fourth-order valence-corrected chi connectivity index (χ4v) is 4.57. The summed E-state index contributed by atoms with van der Waals surface area (Å²) in [6.07, 6.45) is 0.748.